The molecule has 100 valence electrons. The highest BCUT2D eigenvalue weighted by Gasteiger charge is 2.31. The Morgan fingerprint density at radius 3 is 2.61 bits per heavy atom. The van der Waals surface area contributed by atoms with Gasteiger partial charge in [0.2, 0.25) is 0 Å². The monoisotopic (exact) mass is 286 g/mol. The molecule has 0 aromatic heterocycles. The highest BCUT2D eigenvalue weighted by molar-refractivity contribution is 6.30. The van der Waals surface area contributed by atoms with Gasteiger partial charge in [0.1, 0.15) is 0 Å². The first kappa shape index (κ1) is 14.0. The van der Waals surface area contributed by atoms with E-state index in [-0.39, 0.29) is 0 Å². The molecule has 1 aromatic carbocycles. The summed E-state index contributed by atoms with van der Waals surface area (Å²) in [5, 5.41) is 0.755. The van der Waals surface area contributed by atoms with Gasteiger partial charge in [0.25, 0.3) is 0 Å². The van der Waals surface area contributed by atoms with Gasteiger partial charge in [-0.3, -0.25) is 0 Å². The Bertz CT molecular complexity index is 420. The summed E-state index contributed by atoms with van der Waals surface area (Å²) < 4.78 is 0. The van der Waals surface area contributed by atoms with Gasteiger partial charge in [0, 0.05) is 35.7 Å². The number of hydrogen-bond acceptors (Lipinski definition) is 2. The first-order valence-corrected chi connectivity index (χ1v) is 7.20. The third-order valence-corrected chi connectivity index (χ3v) is 4.29. The fourth-order valence-electron chi connectivity index (χ4n) is 2.79. The third-order valence-electron chi connectivity index (χ3n) is 3.76. The van der Waals surface area contributed by atoms with E-state index in [2.05, 4.69) is 36.9 Å². The van der Waals surface area contributed by atoms with Crippen molar-refractivity contribution in [1.29, 1.82) is 0 Å². The van der Waals surface area contributed by atoms with Crippen LogP contribution >= 0.6 is 23.2 Å². The number of hydrogen-bond donors (Lipinski definition) is 0. The van der Waals surface area contributed by atoms with E-state index < -0.39 is 0 Å². The van der Waals surface area contributed by atoms with Gasteiger partial charge in [-0.15, -0.1) is 11.6 Å². The maximum absolute atomic E-state index is 6.02. The van der Waals surface area contributed by atoms with Crippen molar-refractivity contribution >= 4 is 28.9 Å². The molecule has 0 radical (unpaired) electrons. The van der Waals surface area contributed by atoms with Crippen LogP contribution in [0.1, 0.15) is 12.5 Å². The minimum atomic E-state index is 0.507. The Labute approximate surface area is 119 Å². The Morgan fingerprint density at radius 2 is 2.06 bits per heavy atom. The summed E-state index contributed by atoms with van der Waals surface area (Å²) in [6, 6.07) is 6.60. The first-order valence-electron chi connectivity index (χ1n) is 6.28. The van der Waals surface area contributed by atoms with Crippen LogP contribution in [-0.2, 0) is 5.88 Å². The normalized spacial score (nSPS) is 24.0. The molecule has 2 nitrogen and oxygen atoms in total. The first-order chi connectivity index (χ1) is 8.52. The summed E-state index contributed by atoms with van der Waals surface area (Å²) in [5.41, 5.74) is 2.35. The maximum Gasteiger partial charge on any atom is 0.0495 e. The summed E-state index contributed by atoms with van der Waals surface area (Å²) in [6.45, 7) is 4.44. The SMILES string of the molecule is CC1CN(c2ccc(Cl)cc2CCl)CC1N(C)C. The van der Waals surface area contributed by atoms with Crippen molar-refractivity contribution in [2.24, 2.45) is 5.92 Å². The third kappa shape index (κ3) is 2.76. The molecule has 0 aliphatic carbocycles. The zero-order valence-electron chi connectivity index (χ0n) is 11.2. The smallest absolute Gasteiger partial charge is 0.0495 e. The Morgan fingerprint density at radius 1 is 1.33 bits per heavy atom. The van der Waals surface area contributed by atoms with Crippen LogP contribution in [0.3, 0.4) is 0 Å². The lowest BCUT2D eigenvalue weighted by Gasteiger charge is -2.24. The van der Waals surface area contributed by atoms with Gasteiger partial charge in [-0.2, -0.15) is 0 Å². The predicted octanol–water partition coefficient (Wildman–Crippen LogP) is 3.47. The van der Waals surface area contributed by atoms with Crippen molar-refractivity contribution in [2.75, 3.05) is 32.1 Å². The maximum atomic E-state index is 6.02. The van der Waals surface area contributed by atoms with E-state index in [0.29, 0.717) is 17.8 Å². The van der Waals surface area contributed by atoms with Crippen LogP contribution in [0.25, 0.3) is 0 Å². The zero-order chi connectivity index (χ0) is 13.3. The molecule has 2 atom stereocenters. The molecule has 4 heteroatoms. The zero-order valence-corrected chi connectivity index (χ0v) is 12.7. The van der Waals surface area contributed by atoms with E-state index in [1.807, 2.05) is 12.1 Å². The molecular formula is C14H20Cl2N2. The van der Waals surface area contributed by atoms with Crippen LogP contribution in [0.4, 0.5) is 5.69 Å². The summed E-state index contributed by atoms with van der Waals surface area (Å²) in [4.78, 5) is 4.73. The fraction of sp³-hybridized carbons (Fsp3) is 0.571. The van der Waals surface area contributed by atoms with Crippen molar-refractivity contribution in [1.82, 2.24) is 4.90 Å². The van der Waals surface area contributed by atoms with Gasteiger partial charge < -0.3 is 9.80 Å². The highest BCUT2D eigenvalue weighted by atomic mass is 35.5. The lowest BCUT2D eigenvalue weighted by molar-refractivity contribution is 0.266. The average Bonchev–Trinajstić information content (AvgIpc) is 2.71. The molecule has 1 saturated heterocycles. The van der Waals surface area contributed by atoms with Gasteiger partial charge in [-0.25, -0.2) is 0 Å². The van der Waals surface area contributed by atoms with Crippen LogP contribution < -0.4 is 4.90 Å². The summed E-state index contributed by atoms with van der Waals surface area (Å²) in [6.07, 6.45) is 0. The van der Waals surface area contributed by atoms with E-state index in [4.69, 9.17) is 23.2 Å². The Kier molecular flexibility index (Phi) is 4.41. The van der Waals surface area contributed by atoms with Gasteiger partial charge in [0.15, 0.2) is 0 Å². The van der Waals surface area contributed by atoms with E-state index in [1.54, 1.807) is 0 Å². The number of alkyl halides is 1. The molecule has 0 saturated carbocycles. The van der Waals surface area contributed by atoms with Gasteiger partial charge in [-0.05, 0) is 43.8 Å². The van der Waals surface area contributed by atoms with E-state index in [0.717, 1.165) is 23.7 Å². The van der Waals surface area contributed by atoms with Crippen molar-refractivity contribution in [3.8, 4) is 0 Å². The average molecular weight is 287 g/mol. The minimum absolute atomic E-state index is 0.507. The number of rotatable bonds is 3. The molecule has 1 aliphatic rings. The largest absolute Gasteiger partial charge is 0.369 e. The van der Waals surface area contributed by atoms with E-state index in [9.17, 15) is 0 Å². The van der Waals surface area contributed by atoms with Crippen LogP contribution in [0.5, 0.6) is 0 Å². The summed E-state index contributed by atoms with van der Waals surface area (Å²) in [7, 11) is 4.30. The molecular weight excluding hydrogens is 267 g/mol. The van der Waals surface area contributed by atoms with Crippen molar-refractivity contribution in [2.45, 2.75) is 18.8 Å². The summed E-state index contributed by atoms with van der Waals surface area (Å²) in [5.74, 6) is 1.17. The Hall–Kier alpha value is -0.440. The Balaban J connectivity index is 2.23. The predicted molar refractivity (Wildman–Crippen MR) is 79.9 cm³/mol. The standard InChI is InChI=1S/C14H20Cl2N2/c1-10-8-18(9-14(10)17(2)3)13-5-4-12(16)6-11(13)7-15/h4-6,10,14H,7-9H2,1-3H3. The van der Waals surface area contributed by atoms with Crippen molar-refractivity contribution in [3.05, 3.63) is 28.8 Å². The highest BCUT2D eigenvalue weighted by Crippen LogP contribution is 2.31. The van der Waals surface area contributed by atoms with Crippen LogP contribution in [0.2, 0.25) is 5.02 Å². The number of likely N-dealkylation sites (N-methyl/N-ethyl adjacent to an activating group) is 1. The molecule has 1 aliphatic heterocycles. The molecule has 1 heterocycles. The topological polar surface area (TPSA) is 6.48 Å². The number of halogens is 2. The van der Waals surface area contributed by atoms with Crippen molar-refractivity contribution in [3.63, 3.8) is 0 Å². The number of benzene rings is 1. The second kappa shape index (κ2) is 5.68. The molecule has 1 fully saturated rings. The number of anilines is 1. The quantitative estimate of drug-likeness (QED) is 0.785. The molecule has 0 bridgehead atoms. The molecule has 18 heavy (non-hydrogen) atoms. The van der Waals surface area contributed by atoms with E-state index >= 15 is 0 Å². The van der Waals surface area contributed by atoms with Gasteiger partial charge >= 0.3 is 0 Å². The molecule has 0 spiro atoms. The van der Waals surface area contributed by atoms with E-state index in [1.165, 1.54) is 5.69 Å². The minimum Gasteiger partial charge on any atom is -0.369 e. The lowest BCUT2D eigenvalue weighted by Crippen LogP contribution is -2.34. The summed E-state index contributed by atoms with van der Waals surface area (Å²) >= 11 is 12.0. The fourth-order valence-corrected chi connectivity index (χ4v) is 3.20. The van der Waals surface area contributed by atoms with Crippen LogP contribution in [0, 0.1) is 5.92 Å². The molecule has 2 rings (SSSR count). The molecule has 2 unspecified atom stereocenters. The molecule has 0 amide bonds. The molecule has 0 N–H and O–H groups in total. The number of nitrogens with zero attached hydrogens (tertiary/aromatic N) is 2. The lowest BCUT2D eigenvalue weighted by atomic mass is 10.1. The van der Waals surface area contributed by atoms with Crippen LogP contribution in [-0.4, -0.2) is 38.1 Å². The van der Waals surface area contributed by atoms with Gasteiger partial charge in [-0.1, -0.05) is 18.5 Å². The molecule has 1 aromatic rings. The second-order valence-electron chi connectivity index (χ2n) is 5.32. The second-order valence-corrected chi connectivity index (χ2v) is 6.02. The van der Waals surface area contributed by atoms with Crippen molar-refractivity contribution < 1.29 is 0 Å². The van der Waals surface area contributed by atoms with Gasteiger partial charge in [0.05, 0.1) is 0 Å². The van der Waals surface area contributed by atoms with Crippen LogP contribution in [0.15, 0.2) is 18.2 Å².